The number of nitrogens with zero attached hydrogens (tertiary/aromatic N) is 2. The van der Waals surface area contributed by atoms with Gasteiger partial charge in [0.1, 0.15) is 10.7 Å². The molecule has 3 aromatic rings. The summed E-state index contributed by atoms with van der Waals surface area (Å²) < 4.78 is 0. The highest BCUT2D eigenvalue weighted by Crippen LogP contribution is 2.51. The van der Waals surface area contributed by atoms with Gasteiger partial charge in [-0.25, -0.2) is 4.98 Å². The average Bonchev–Trinajstić information content (AvgIpc) is 3.02. The molecule has 118 valence electrons. The molecule has 2 heterocycles. The number of benzene rings is 2. The van der Waals surface area contributed by atoms with Gasteiger partial charge in [0, 0.05) is 6.20 Å². The molecule has 1 aliphatic rings. The van der Waals surface area contributed by atoms with E-state index in [1.54, 1.807) is 18.0 Å². The Kier molecular flexibility index (Phi) is 3.82. The van der Waals surface area contributed by atoms with E-state index < -0.39 is 4.87 Å². The normalized spacial score (nSPS) is 16.3. The van der Waals surface area contributed by atoms with Crippen LogP contribution in [0.4, 0.5) is 5.82 Å². The quantitative estimate of drug-likeness (QED) is 0.725. The van der Waals surface area contributed by atoms with Gasteiger partial charge < -0.3 is 0 Å². The zero-order chi connectivity index (χ0) is 16.4. The van der Waals surface area contributed by atoms with Crippen LogP contribution in [0.2, 0.25) is 0 Å². The maximum absolute atomic E-state index is 12.8. The molecule has 2 aromatic carbocycles. The lowest BCUT2D eigenvalue weighted by atomic mass is 9.96. The topological polar surface area (TPSA) is 33.2 Å². The summed E-state index contributed by atoms with van der Waals surface area (Å²) in [6.07, 6.45) is 1.73. The predicted octanol–water partition coefficient (Wildman–Crippen LogP) is 4.06. The molecule has 4 rings (SSSR count). The van der Waals surface area contributed by atoms with E-state index in [1.165, 1.54) is 0 Å². The molecular formula is C20H16N2OS. The lowest BCUT2D eigenvalue weighted by Gasteiger charge is -2.37. The fourth-order valence-corrected chi connectivity index (χ4v) is 4.56. The molecule has 24 heavy (non-hydrogen) atoms. The first-order valence-electron chi connectivity index (χ1n) is 7.81. The summed E-state index contributed by atoms with van der Waals surface area (Å²) in [5, 5.41) is 0. The van der Waals surface area contributed by atoms with Gasteiger partial charge in [0.15, 0.2) is 0 Å². The molecule has 0 radical (unpaired) electrons. The summed E-state index contributed by atoms with van der Waals surface area (Å²) >= 11 is 1.64. The summed E-state index contributed by atoms with van der Waals surface area (Å²) in [5.41, 5.74) is 2.16. The Hall–Kier alpha value is -2.59. The van der Waals surface area contributed by atoms with Gasteiger partial charge in [0.25, 0.3) is 0 Å². The van der Waals surface area contributed by atoms with Crippen molar-refractivity contribution in [3.63, 3.8) is 0 Å². The average molecular weight is 332 g/mol. The maximum atomic E-state index is 12.8. The van der Waals surface area contributed by atoms with Crippen LogP contribution >= 0.6 is 11.8 Å². The van der Waals surface area contributed by atoms with E-state index in [2.05, 4.69) is 29.2 Å². The van der Waals surface area contributed by atoms with Crippen LogP contribution in [0.5, 0.6) is 0 Å². The molecule has 0 bridgehead atoms. The van der Waals surface area contributed by atoms with Crippen molar-refractivity contribution in [2.45, 2.75) is 4.87 Å². The van der Waals surface area contributed by atoms with E-state index in [1.807, 2.05) is 59.5 Å². The second kappa shape index (κ2) is 6.13. The summed E-state index contributed by atoms with van der Waals surface area (Å²) in [5.74, 6) is 1.19. The van der Waals surface area contributed by atoms with Gasteiger partial charge in [-0.1, -0.05) is 66.7 Å². The van der Waals surface area contributed by atoms with Crippen LogP contribution in [0.3, 0.4) is 0 Å². The van der Waals surface area contributed by atoms with Crippen LogP contribution in [-0.2, 0) is 9.67 Å². The Morgan fingerprint density at radius 2 is 1.42 bits per heavy atom. The first kappa shape index (κ1) is 15.0. The van der Waals surface area contributed by atoms with Gasteiger partial charge in [-0.15, -0.1) is 11.8 Å². The minimum absolute atomic E-state index is 0.0754. The lowest BCUT2D eigenvalue weighted by molar-refractivity contribution is -0.116. The van der Waals surface area contributed by atoms with E-state index >= 15 is 0 Å². The number of hydrogen-bond donors (Lipinski definition) is 0. The van der Waals surface area contributed by atoms with Crippen LogP contribution in [0.25, 0.3) is 0 Å². The Balaban J connectivity index is 1.98. The van der Waals surface area contributed by atoms with E-state index in [4.69, 9.17) is 0 Å². The number of hydrogen-bond acceptors (Lipinski definition) is 3. The number of anilines is 1. The molecule has 0 spiro atoms. The summed E-state index contributed by atoms with van der Waals surface area (Å²) in [6.45, 7) is 0. The van der Waals surface area contributed by atoms with Crippen LogP contribution < -0.4 is 4.90 Å². The molecule has 4 heteroatoms. The van der Waals surface area contributed by atoms with E-state index in [0.29, 0.717) is 11.6 Å². The fourth-order valence-electron chi connectivity index (χ4n) is 3.17. The van der Waals surface area contributed by atoms with Crippen molar-refractivity contribution in [2.75, 3.05) is 10.7 Å². The zero-order valence-electron chi connectivity index (χ0n) is 13.0. The second-order valence-corrected chi connectivity index (χ2v) is 6.75. The van der Waals surface area contributed by atoms with Crippen molar-refractivity contribution in [2.24, 2.45) is 0 Å². The molecule has 1 aliphatic heterocycles. The Bertz CT molecular complexity index is 798. The molecule has 0 atom stereocenters. The third kappa shape index (κ3) is 2.31. The van der Waals surface area contributed by atoms with E-state index in [-0.39, 0.29) is 5.91 Å². The van der Waals surface area contributed by atoms with Crippen molar-refractivity contribution >= 4 is 23.5 Å². The first-order chi connectivity index (χ1) is 11.8. The smallest absolute Gasteiger partial charge is 0.240 e. The third-order valence-corrected chi connectivity index (χ3v) is 5.64. The van der Waals surface area contributed by atoms with Gasteiger partial charge in [-0.3, -0.25) is 9.69 Å². The van der Waals surface area contributed by atoms with Crippen molar-refractivity contribution < 1.29 is 4.79 Å². The number of carbonyl (C=O) groups excluding carboxylic acids is 1. The predicted molar refractivity (Wildman–Crippen MR) is 97.8 cm³/mol. The summed E-state index contributed by atoms with van der Waals surface area (Å²) in [6, 6.07) is 26.0. The molecule has 1 aromatic heterocycles. The molecule has 0 unspecified atom stereocenters. The van der Waals surface area contributed by atoms with E-state index in [0.717, 1.165) is 11.1 Å². The molecule has 0 saturated carbocycles. The SMILES string of the molecule is O=C1CSC(c2ccccc2)(c2ccccc2)N1c1ccccn1. The van der Waals surface area contributed by atoms with Gasteiger partial charge in [0.2, 0.25) is 5.91 Å². The fraction of sp³-hybridized carbons (Fsp3) is 0.100. The van der Waals surface area contributed by atoms with Crippen molar-refractivity contribution in [1.82, 2.24) is 4.98 Å². The van der Waals surface area contributed by atoms with Crippen LogP contribution in [-0.4, -0.2) is 16.6 Å². The summed E-state index contributed by atoms with van der Waals surface area (Å²) in [4.78, 5) is 18.5. The number of aromatic nitrogens is 1. The Labute approximate surface area is 145 Å². The van der Waals surface area contributed by atoms with Crippen LogP contribution in [0, 0.1) is 0 Å². The van der Waals surface area contributed by atoms with Gasteiger partial charge in [0.05, 0.1) is 5.75 Å². The van der Waals surface area contributed by atoms with Gasteiger partial charge in [-0.2, -0.15) is 0 Å². The van der Waals surface area contributed by atoms with Crippen molar-refractivity contribution in [3.8, 4) is 0 Å². The third-order valence-electron chi connectivity index (χ3n) is 4.18. The molecule has 1 saturated heterocycles. The number of carbonyl (C=O) groups is 1. The minimum atomic E-state index is -0.589. The number of pyridine rings is 1. The Morgan fingerprint density at radius 3 is 1.96 bits per heavy atom. The minimum Gasteiger partial charge on any atom is -0.273 e. The molecule has 1 amide bonds. The number of rotatable bonds is 3. The van der Waals surface area contributed by atoms with Crippen LogP contribution in [0.1, 0.15) is 11.1 Å². The molecule has 3 nitrogen and oxygen atoms in total. The largest absolute Gasteiger partial charge is 0.273 e. The van der Waals surface area contributed by atoms with Gasteiger partial charge in [-0.05, 0) is 23.3 Å². The maximum Gasteiger partial charge on any atom is 0.240 e. The van der Waals surface area contributed by atoms with Crippen molar-refractivity contribution in [1.29, 1.82) is 0 Å². The molecular weight excluding hydrogens is 316 g/mol. The Morgan fingerprint density at radius 1 is 0.833 bits per heavy atom. The first-order valence-corrected chi connectivity index (χ1v) is 8.80. The second-order valence-electron chi connectivity index (χ2n) is 5.58. The van der Waals surface area contributed by atoms with Crippen molar-refractivity contribution in [3.05, 3.63) is 96.2 Å². The zero-order valence-corrected chi connectivity index (χ0v) is 13.8. The standard InChI is InChI=1S/C20H16N2OS/c23-19-15-24-20(16-9-3-1-4-10-16,17-11-5-2-6-12-17)22(19)18-13-7-8-14-21-18/h1-14H,15H2. The lowest BCUT2D eigenvalue weighted by Crippen LogP contribution is -2.43. The van der Waals surface area contributed by atoms with Crippen LogP contribution in [0.15, 0.2) is 85.1 Å². The van der Waals surface area contributed by atoms with Gasteiger partial charge >= 0.3 is 0 Å². The highest BCUT2D eigenvalue weighted by atomic mass is 32.2. The number of amides is 1. The highest BCUT2D eigenvalue weighted by Gasteiger charge is 2.50. The molecule has 0 N–H and O–H groups in total. The molecule has 0 aliphatic carbocycles. The van der Waals surface area contributed by atoms with E-state index in [9.17, 15) is 4.79 Å². The summed E-state index contributed by atoms with van der Waals surface area (Å²) in [7, 11) is 0. The monoisotopic (exact) mass is 332 g/mol. The highest BCUT2D eigenvalue weighted by molar-refractivity contribution is 8.01. The molecule has 1 fully saturated rings. The number of thioether (sulfide) groups is 1.